The van der Waals surface area contributed by atoms with Crippen molar-refractivity contribution in [1.82, 2.24) is 13.7 Å². The van der Waals surface area contributed by atoms with Crippen LogP contribution in [0, 0.1) is 13.8 Å². The number of aryl methyl sites for hydroxylation is 3. The summed E-state index contributed by atoms with van der Waals surface area (Å²) in [6.07, 6.45) is 0. The third kappa shape index (κ3) is 2.70. The Morgan fingerprint density at radius 3 is 2.44 bits per heavy atom. The molecule has 0 spiro atoms. The van der Waals surface area contributed by atoms with Crippen LogP contribution in [-0.2, 0) is 14.1 Å². The summed E-state index contributed by atoms with van der Waals surface area (Å²) in [5.41, 5.74) is 5.33. The number of aromatic nitrogens is 3. The van der Waals surface area contributed by atoms with Crippen LogP contribution >= 0.6 is 0 Å². The largest absolute Gasteiger partial charge is 0.464 e. The number of rotatable bonds is 2. The van der Waals surface area contributed by atoms with E-state index in [1.807, 2.05) is 68.4 Å². The molecule has 170 valence electrons. The number of nitrogens with zero attached hydrogens (tertiary/aromatic N) is 3. The fourth-order valence-corrected chi connectivity index (χ4v) is 5.11. The van der Waals surface area contributed by atoms with Gasteiger partial charge in [-0.05, 0) is 49.7 Å². The van der Waals surface area contributed by atoms with Crippen molar-refractivity contribution in [2.45, 2.75) is 19.9 Å². The quantitative estimate of drug-likeness (QED) is 0.430. The zero-order valence-electron chi connectivity index (χ0n) is 19.4. The molecule has 0 unspecified atom stereocenters. The molecule has 7 heteroatoms. The maximum atomic E-state index is 13.6. The first-order valence-electron chi connectivity index (χ1n) is 11.2. The number of para-hydroxylation sites is 2. The highest BCUT2D eigenvalue weighted by Gasteiger charge is 2.35. The molecule has 4 heterocycles. The lowest BCUT2D eigenvalue weighted by Crippen LogP contribution is -2.37. The molecule has 1 N–H and O–H groups in total. The molecule has 1 aliphatic heterocycles. The lowest BCUT2D eigenvalue weighted by molar-refractivity contribution is 0.469. The molecule has 6 rings (SSSR count). The molecule has 7 nitrogen and oxygen atoms in total. The second-order valence-corrected chi connectivity index (χ2v) is 8.91. The van der Waals surface area contributed by atoms with Crippen molar-refractivity contribution in [3.8, 4) is 16.9 Å². The van der Waals surface area contributed by atoms with Gasteiger partial charge in [-0.25, -0.2) is 4.79 Å². The topological polar surface area (TPSA) is 74.1 Å². The molecule has 0 saturated heterocycles. The zero-order chi connectivity index (χ0) is 23.7. The maximum absolute atomic E-state index is 13.6. The predicted molar refractivity (Wildman–Crippen MR) is 133 cm³/mol. The Bertz CT molecular complexity index is 1730. The van der Waals surface area contributed by atoms with Gasteiger partial charge in [-0.2, -0.15) is 0 Å². The van der Waals surface area contributed by atoms with Crippen molar-refractivity contribution >= 4 is 16.6 Å². The summed E-state index contributed by atoms with van der Waals surface area (Å²) in [6.45, 7) is 3.94. The van der Waals surface area contributed by atoms with E-state index in [-0.39, 0.29) is 17.3 Å². The van der Waals surface area contributed by atoms with E-state index in [2.05, 4.69) is 16.0 Å². The average molecular weight is 453 g/mol. The highest BCUT2D eigenvalue weighted by atomic mass is 16.3. The summed E-state index contributed by atoms with van der Waals surface area (Å²) in [7, 11) is 3.25. The average Bonchev–Trinajstić information content (AvgIpc) is 3.43. The minimum absolute atomic E-state index is 0.316. The van der Waals surface area contributed by atoms with Gasteiger partial charge < -0.3 is 14.3 Å². The molecule has 3 aromatic heterocycles. The van der Waals surface area contributed by atoms with Crippen molar-refractivity contribution in [2.75, 3.05) is 5.32 Å². The van der Waals surface area contributed by atoms with Gasteiger partial charge in [-0.3, -0.25) is 13.9 Å². The Morgan fingerprint density at radius 1 is 0.912 bits per heavy atom. The predicted octanol–water partition coefficient (Wildman–Crippen LogP) is 4.42. The van der Waals surface area contributed by atoms with E-state index >= 15 is 0 Å². The van der Waals surface area contributed by atoms with Gasteiger partial charge in [0.25, 0.3) is 5.56 Å². The van der Waals surface area contributed by atoms with E-state index in [1.54, 1.807) is 11.6 Å². The van der Waals surface area contributed by atoms with Crippen molar-refractivity contribution in [2.24, 2.45) is 14.1 Å². The molecule has 0 amide bonds. The smallest absolute Gasteiger partial charge is 0.331 e. The van der Waals surface area contributed by atoms with Crippen LogP contribution in [0.15, 0.2) is 74.7 Å². The Morgan fingerprint density at radius 2 is 1.71 bits per heavy atom. The number of anilines is 1. The van der Waals surface area contributed by atoms with Gasteiger partial charge in [0.05, 0.1) is 33.7 Å². The number of furan rings is 1. The minimum atomic E-state index is -0.387. The third-order valence-corrected chi connectivity index (χ3v) is 6.66. The SMILES string of the molecule is Cc1cccc(-c2c3c(=O)n(C)c(=O)n(C)c3c3n2-c2ccccc2N[C@@H]3c2ccc(C)o2)c1. The molecule has 0 fully saturated rings. The van der Waals surface area contributed by atoms with Crippen LogP contribution in [-0.4, -0.2) is 13.7 Å². The molecule has 1 atom stereocenters. The lowest BCUT2D eigenvalue weighted by atomic mass is 10.1. The van der Waals surface area contributed by atoms with Gasteiger partial charge >= 0.3 is 5.69 Å². The summed E-state index contributed by atoms with van der Waals surface area (Å²) in [6, 6.07) is 19.6. The van der Waals surface area contributed by atoms with Crippen LogP contribution in [0.4, 0.5) is 5.69 Å². The van der Waals surface area contributed by atoms with Crippen molar-refractivity contribution < 1.29 is 4.42 Å². The standard InChI is InChI=1S/C27H24N4O3/c1-15-8-7-9-17(14-15)23-21-24(29(3)27(33)30(4)26(21)32)25-22(20-13-12-16(2)34-20)28-18-10-5-6-11-19(18)31(23)25/h5-14,22,28H,1-4H3/t22-/m1/s1. The van der Waals surface area contributed by atoms with Crippen molar-refractivity contribution in [3.05, 3.63) is 104 Å². The minimum Gasteiger partial charge on any atom is -0.464 e. The van der Waals surface area contributed by atoms with Gasteiger partial charge in [-0.1, -0.05) is 35.9 Å². The number of hydrogen-bond donors (Lipinski definition) is 1. The normalized spacial score (nSPS) is 14.6. The maximum Gasteiger partial charge on any atom is 0.331 e. The van der Waals surface area contributed by atoms with E-state index in [0.29, 0.717) is 10.9 Å². The van der Waals surface area contributed by atoms with Crippen LogP contribution in [0.3, 0.4) is 0 Å². The zero-order valence-corrected chi connectivity index (χ0v) is 19.4. The molecule has 0 radical (unpaired) electrons. The highest BCUT2D eigenvalue weighted by molar-refractivity contribution is 5.99. The fraction of sp³-hybridized carbons (Fsp3) is 0.185. The van der Waals surface area contributed by atoms with Crippen LogP contribution in [0.5, 0.6) is 0 Å². The van der Waals surface area contributed by atoms with Gasteiger partial charge in [0.2, 0.25) is 0 Å². The lowest BCUT2D eigenvalue weighted by Gasteiger charge is -2.29. The Balaban J connectivity index is 1.88. The third-order valence-electron chi connectivity index (χ3n) is 6.66. The van der Waals surface area contributed by atoms with E-state index in [9.17, 15) is 9.59 Å². The molecule has 2 aromatic carbocycles. The van der Waals surface area contributed by atoms with Gasteiger partial charge in [0.1, 0.15) is 17.6 Å². The number of benzene rings is 2. The number of nitrogens with one attached hydrogen (secondary N) is 1. The van der Waals surface area contributed by atoms with Crippen LogP contribution in [0.1, 0.15) is 28.8 Å². The molecule has 0 saturated carbocycles. The first kappa shape index (κ1) is 20.4. The summed E-state index contributed by atoms with van der Waals surface area (Å²) in [5, 5.41) is 4.10. The number of hydrogen-bond acceptors (Lipinski definition) is 4. The first-order valence-corrected chi connectivity index (χ1v) is 11.2. The molecule has 34 heavy (non-hydrogen) atoms. The van der Waals surface area contributed by atoms with Gasteiger partial charge in [-0.15, -0.1) is 0 Å². The summed E-state index contributed by atoms with van der Waals surface area (Å²) >= 11 is 0. The van der Waals surface area contributed by atoms with Gasteiger partial charge in [0, 0.05) is 14.1 Å². The monoisotopic (exact) mass is 452 g/mol. The van der Waals surface area contributed by atoms with Crippen molar-refractivity contribution in [3.63, 3.8) is 0 Å². The molecule has 0 aliphatic carbocycles. The van der Waals surface area contributed by atoms with E-state index in [0.717, 1.165) is 45.4 Å². The van der Waals surface area contributed by atoms with E-state index in [4.69, 9.17) is 4.42 Å². The summed E-state index contributed by atoms with van der Waals surface area (Å²) < 4.78 is 10.9. The molecule has 5 aromatic rings. The molecule has 0 bridgehead atoms. The number of fused-ring (bicyclic) bond motifs is 5. The second kappa shape index (κ2) is 7.12. The van der Waals surface area contributed by atoms with Crippen LogP contribution in [0.25, 0.3) is 27.8 Å². The Labute approximate surface area is 195 Å². The van der Waals surface area contributed by atoms with Gasteiger partial charge in [0.15, 0.2) is 0 Å². The van der Waals surface area contributed by atoms with Crippen molar-refractivity contribution in [1.29, 1.82) is 0 Å². The molecular weight excluding hydrogens is 428 g/mol. The Kier molecular flexibility index (Phi) is 4.26. The van der Waals surface area contributed by atoms with Crippen LogP contribution in [0.2, 0.25) is 0 Å². The highest BCUT2D eigenvalue weighted by Crippen LogP contribution is 2.45. The second-order valence-electron chi connectivity index (χ2n) is 8.91. The molecule has 1 aliphatic rings. The Hall–Kier alpha value is -4.26. The molecular formula is C27H24N4O3. The summed E-state index contributed by atoms with van der Waals surface area (Å²) in [5.74, 6) is 1.51. The van der Waals surface area contributed by atoms with E-state index in [1.165, 1.54) is 11.6 Å². The fourth-order valence-electron chi connectivity index (χ4n) is 5.11. The van der Waals surface area contributed by atoms with Crippen LogP contribution < -0.4 is 16.6 Å². The first-order chi connectivity index (χ1) is 16.4. The van der Waals surface area contributed by atoms with E-state index < -0.39 is 0 Å². The summed E-state index contributed by atoms with van der Waals surface area (Å²) in [4.78, 5) is 26.7.